The molecule has 7 heteroatoms. The van der Waals surface area contributed by atoms with E-state index < -0.39 is 0 Å². The Balaban J connectivity index is 0.00000300. The van der Waals surface area contributed by atoms with Crippen molar-refractivity contribution in [2.24, 2.45) is 0 Å². The number of furan rings is 1. The van der Waals surface area contributed by atoms with Gasteiger partial charge in [0.2, 0.25) is 0 Å². The second-order valence-electron chi connectivity index (χ2n) is 7.29. The number of carbonyl (C=O) groups excluding carboxylic acids is 2. The van der Waals surface area contributed by atoms with E-state index in [2.05, 4.69) is 11.0 Å². The van der Waals surface area contributed by atoms with Crippen LogP contribution in [0.5, 0.6) is 0 Å². The van der Waals surface area contributed by atoms with Crippen molar-refractivity contribution < 1.29 is 14.0 Å². The first-order valence-electron chi connectivity index (χ1n) is 9.57. The number of halogens is 1. The van der Waals surface area contributed by atoms with Crippen LogP contribution in [0.25, 0.3) is 0 Å². The number of hydrogen-bond acceptors (Lipinski definition) is 5. The van der Waals surface area contributed by atoms with E-state index in [9.17, 15) is 9.59 Å². The normalized spacial score (nSPS) is 12.4. The highest BCUT2D eigenvalue weighted by Gasteiger charge is 2.31. The summed E-state index contributed by atoms with van der Waals surface area (Å²) in [5, 5.41) is 8.95. The van der Waals surface area contributed by atoms with Crippen LogP contribution in [0.1, 0.15) is 50.4 Å². The van der Waals surface area contributed by atoms with Crippen LogP contribution < -0.4 is 0 Å². The molecular formula is C22H26ClN3O3. The third-order valence-corrected chi connectivity index (χ3v) is 5.02. The molecule has 6 nitrogen and oxygen atoms in total. The van der Waals surface area contributed by atoms with Gasteiger partial charge >= 0.3 is 0 Å². The molecule has 0 unspecified atom stereocenters. The van der Waals surface area contributed by atoms with Crippen molar-refractivity contribution in [3.8, 4) is 6.07 Å². The smallest absolute Gasteiger partial charge is 0.257 e. The van der Waals surface area contributed by atoms with E-state index in [1.165, 1.54) is 6.26 Å². The second-order valence-corrected chi connectivity index (χ2v) is 7.29. The lowest BCUT2D eigenvalue weighted by Crippen LogP contribution is -2.35. The van der Waals surface area contributed by atoms with Crippen LogP contribution >= 0.6 is 12.4 Å². The Labute approximate surface area is 177 Å². The largest absolute Gasteiger partial charge is 0.468 e. The molecule has 0 N–H and O–H groups in total. The highest BCUT2D eigenvalue weighted by molar-refractivity contribution is 6.16. The first-order valence-corrected chi connectivity index (χ1v) is 9.57. The van der Waals surface area contributed by atoms with Crippen molar-refractivity contribution in [2.75, 3.05) is 33.7 Å². The number of amides is 1. The number of benzene rings is 1. The molecule has 0 saturated heterocycles. The van der Waals surface area contributed by atoms with Crippen molar-refractivity contribution in [1.29, 1.82) is 5.26 Å². The lowest BCUT2D eigenvalue weighted by Gasteiger charge is -2.22. The van der Waals surface area contributed by atoms with E-state index in [1.807, 2.05) is 32.3 Å². The van der Waals surface area contributed by atoms with Gasteiger partial charge < -0.3 is 14.2 Å². The van der Waals surface area contributed by atoms with E-state index >= 15 is 0 Å². The molecule has 0 bridgehead atoms. The lowest BCUT2D eigenvalue weighted by atomic mass is 9.98. The molecule has 0 fully saturated rings. The van der Waals surface area contributed by atoms with Gasteiger partial charge in [-0.2, -0.15) is 5.26 Å². The minimum atomic E-state index is -0.244. The van der Waals surface area contributed by atoms with E-state index in [-0.39, 0.29) is 30.5 Å². The predicted molar refractivity (Wildman–Crippen MR) is 113 cm³/mol. The number of ketones is 1. The molecule has 0 saturated carbocycles. The monoisotopic (exact) mass is 415 g/mol. The fourth-order valence-corrected chi connectivity index (χ4v) is 3.58. The van der Waals surface area contributed by atoms with Crippen LogP contribution in [0.15, 0.2) is 34.9 Å². The minimum Gasteiger partial charge on any atom is -0.468 e. The van der Waals surface area contributed by atoms with Crippen molar-refractivity contribution in [1.82, 2.24) is 9.80 Å². The Bertz CT molecular complexity index is 914. The predicted octanol–water partition coefficient (Wildman–Crippen LogP) is 3.34. The Hall–Kier alpha value is -2.62. The zero-order valence-corrected chi connectivity index (χ0v) is 17.6. The quantitative estimate of drug-likeness (QED) is 0.693. The maximum Gasteiger partial charge on any atom is 0.257 e. The summed E-state index contributed by atoms with van der Waals surface area (Å²) < 4.78 is 5.65. The Morgan fingerprint density at radius 3 is 2.66 bits per heavy atom. The summed E-state index contributed by atoms with van der Waals surface area (Å²) in [7, 11) is 3.96. The molecule has 0 aliphatic heterocycles. The fraction of sp³-hybridized carbons (Fsp3) is 0.409. The molecule has 1 heterocycles. The van der Waals surface area contributed by atoms with Gasteiger partial charge in [0.25, 0.3) is 5.91 Å². The van der Waals surface area contributed by atoms with Crippen LogP contribution in [-0.4, -0.2) is 55.2 Å². The molecule has 154 valence electrons. The summed E-state index contributed by atoms with van der Waals surface area (Å²) in [5.41, 5.74) is 2.29. The van der Waals surface area contributed by atoms with Gasteiger partial charge in [0.05, 0.1) is 23.6 Å². The van der Waals surface area contributed by atoms with Gasteiger partial charge in [-0.1, -0.05) is 24.3 Å². The Morgan fingerprint density at radius 2 is 1.93 bits per heavy atom. The summed E-state index contributed by atoms with van der Waals surface area (Å²) in [5.74, 6) is 0.165. The summed E-state index contributed by atoms with van der Waals surface area (Å²) in [4.78, 5) is 30.1. The number of rotatable bonds is 7. The zero-order chi connectivity index (χ0) is 20.1. The molecule has 29 heavy (non-hydrogen) atoms. The first-order chi connectivity index (χ1) is 13.5. The molecule has 0 spiro atoms. The van der Waals surface area contributed by atoms with Gasteiger partial charge in [0.15, 0.2) is 5.78 Å². The van der Waals surface area contributed by atoms with Gasteiger partial charge in [0, 0.05) is 25.1 Å². The van der Waals surface area contributed by atoms with Crippen LogP contribution in [0.3, 0.4) is 0 Å². The standard InChI is InChI=1S/C22H25N3O3.ClH/c1-24(2)12-6-14-25(13-5-11-23)22(27)18-15-28-19-10-9-16-7-3-4-8-17(16)21(26)20(18)19;/h3-4,7-8,15H,5-6,9-10,12-14H2,1-2H3;1H. The van der Waals surface area contributed by atoms with Crippen molar-refractivity contribution in [3.05, 3.63) is 58.5 Å². The fourth-order valence-electron chi connectivity index (χ4n) is 3.58. The minimum absolute atomic E-state index is 0. The summed E-state index contributed by atoms with van der Waals surface area (Å²) in [6.45, 7) is 1.71. The number of nitrogens with zero attached hydrogens (tertiary/aromatic N) is 3. The van der Waals surface area contributed by atoms with Crippen LogP contribution in [0.2, 0.25) is 0 Å². The number of fused-ring (bicyclic) bond motifs is 2. The van der Waals surface area contributed by atoms with Crippen molar-refractivity contribution in [2.45, 2.75) is 25.7 Å². The van der Waals surface area contributed by atoms with E-state index in [1.54, 1.807) is 11.0 Å². The molecule has 0 radical (unpaired) electrons. The molecule has 3 rings (SSSR count). The van der Waals surface area contributed by atoms with E-state index in [0.29, 0.717) is 48.4 Å². The van der Waals surface area contributed by atoms with Gasteiger partial charge in [-0.05, 0) is 39.0 Å². The lowest BCUT2D eigenvalue weighted by molar-refractivity contribution is 0.0749. The average molecular weight is 416 g/mol. The Kier molecular flexibility index (Phi) is 8.00. The molecule has 0 atom stereocenters. The molecule has 1 amide bonds. The van der Waals surface area contributed by atoms with E-state index in [0.717, 1.165) is 18.5 Å². The van der Waals surface area contributed by atoms with Crippen LogP contribution in [-0.2, 0) is 12.8 Å². The van der Waals surface area contributed by atoms with Crippen molar-refractivity contribution >= 4 is 24.1 Å². The molecule has 1 aromatic carbocycles. The molecule has 1 aliphatic rings. The third kappa shape index (κ3) is 5.06. The molecule has 1 aromatic heterocycles. The third-order valence-electron chi connectivity index (χ3n) is 5.02. The topological polar surface area (TPSA) is 77.6 Å². The van der Waals surface area contributed by atoms with Gasteiger partial charge in [-0.15, -0.1) is 12.4 Å². The average Bonchev–Trinajstić information content (AvgIpc) is 3.06. The van der Waals surface area contributed by atoms with Gasteiger partial charge in [-0.25, -0.2) is 0 Å². The number of aryl methyl sites for hydroxylation is 2. The van der Waals surface area contributed by atoms with Crippen LogP contribution in [0, 0.1) is 11.3 Å². The number of hydrogen-bond donors (Lipinski definition) is 0. The maximum atomic E-state index is 13.2. The molecule has 1 aliphatic carbocycles. The maximum absolute atomic E-state index is 13.2. The van der Waals surface area contributed by atoms with Crippen molar-refractivity contribution in [3.63, 3.8) is 0 Å². The number of nitriles is 1. The van der Waals surface area contributed by atoms with Crippen LogP contribution in [0.4, 0.5) is 0 Å². The highest BCUT2D eigenvalue weighted by Crippen LogP contribution is 2.29. The molecular weight excluding hydrogens is 390 g/mol. The number of carbonyl (C=O) groups is 2. The van der Waals surface area contributed by atoms with E-state index in [4.69, 9.17) is 9.68 Å². The highest BCUT2D eigenvalue weighted by atomic mass is 35.5. The summed E-state index contributed by atoms with van der Waals surface area (Å²) >= 11 is 0. The Morgan fingerprint density at radius 1 is 1.17 bits per heavy atom. The zero-order valence-electron chi connectivity index (χ0n) is 16.8. The summed E-state index contributed by atoms with van der Waals surface area (Å²) in [6, 6.07) is 9.60. The van der Waals surface area contributed by atoms with Gasteiger partial charge in [-0.3, -0.25) is 9.59 Å². The van der Waals surface area contributed by atoms with Gasteiger partial charge in [0.1, 0.15) is 12.0 Å². The second kappa shape index (κ2) is 10.2. The summed E-state index contributed by atoms with van der Waals surface area (Å²) in [6.07, 6.45) is 3.75. The SMILES string of the molecule is CN(C)CCCN(CCC#N)C(=O)c1coc2c1C(=O)c1ccccc1CC2.Cl. The first kappa shape index (κ1) is 22.7. The molecule has 2 aromatic rings.